The molecule has 0 bridgehead atoms. The van der Waals surface area contributed by atoms with Crippen LogP contribution in [0.5, 0.6) is 5.75 Å². The van der Waals surface area contributed by atoms with Crippen LogP contribution in [0.3, 0.4) is 0 Å². The maximum Gasteiger partial charge on any atom is 0.234 e. The number of carbonyl (C=O) groups is 1. The second-order valence-corrected chi connectivity index (χ2v) is 9.10. The lowest BCUT2D eigenvalue weighted by Gasteiger charge is -2.11. The first-order valence-electron chi connectivity index (χ1n) is 8.85. The van der Waals surface area contributed by atoms with Crippen molar-refractivity contribution in [3.8, 4) is 5.75 Å². The van der Waals surface area contributed by atoms with E-state index >= 15 is 0 Å². The molecule has 2 aromatic carbocycles. The summed E-state index contributed by atoms with van der Waals surface area (Å²) in [6.45, 7) is 2.68. The van der Waals surface area contributed by atoms with E-state index in [-0.39, 0.29) is 18.3 Å². The van der Waals surface area contributed by atoms with Crippen LogP contribution in [0.2, 0.25) is 25.1 Å². The highest BCUT2D eigenvalue weighted by Crippen LogP contribution is 2.32. The van der Waals surface area contributed by atoms with Gasteiger partial charge in [0.2, 0.25) is 5.91 Å². The summed E-state index contributed by atoms with van der Waals surface area (Å²) in [7, 11) is 0. The Labute approximate surface area is 208 Å². The number of amides is 1. The van der Waals surface area contributed by atoms with Crippen molar-refractivity contribution in [2.24, 2.45) is 0 Å². The summed E-state index contributed by atoms with van der Waals surface area (Å²) in [5.74, 6) is 0.857. The number of benzene rings is 2. The normalized spacial score (nSPS) is 10.9. The summed E-state index contributed by atoms with van der Waals surface area (Å²) in [5, 5.41) is 13.5. The Morgan fingerprint density at radius 2 is 1.77 bits per heavy atom. The molecule has 1 amide bonds. The van der Waals surface area contributed by atoms with E-state index in [0.717, 1.165) is 0 Å². The smallest absolute Gasteiger partial charge is 0.234 e. The van der Waals surface area contributed by atoms with Gasteiger partial charge in [-0.25, -0.2) is 0 Å². The standard InChI is InChI=1S/C19H15Cl5N4O2S/c1-2-28-17(8-30-16-5-10(20)3-4-11(16)21)26-27-19(28)31-9-18(29)25-15-7-13(23)12(22)6-14(15)24/h3-7H,2,8-9H2,1H3,(H,25,29). The lowest BCUT2D eigenvalue weighted by Crippen LogP contribution is -2.15. The Hall–Kier alpha value is -1.35. The van der Waals surface area contributed by atoms with E-state index in [4.69, 9.17) is 62.7 Å². The molecule has 0 aliphatic carbocycles. The van der Waals surface area contributed by atoms with Gasteiger partial charge >= 0.3 is 0 Å². The summed E-state index contributed by atoms with van der Waals surface area (Å²) >= 11 is 31.3. The molecule has 1 aromatic heterocycles. The molecule has 0 radical (unpaired) electrons. The minimum Gasteiger partial charge on any atom is -0.484 e. The lowest BCUT2D eigenvalue weighted by atomic mass is 10.3. The van der Waals surface area contributed by atoms with Gasteiger partial charge in [0.15, 0.2) is 11.0 Å². The largest absolute Gasteiger partial charge is 0.484 e. The topological polar surface area (TPSA) is 69.0 Å². The van der Waals surface area contributed by atoms with Crippen LogP contribution in [0.4, 0.5) is 5.69 Å². The highest BCUT2D eigenvalue weighted by Gasteiger charge is 2.15. The van der Waals surface area contributed by atoms with E-state index in [1.165, 1.54) is 23.9 Å². The number of hydrogen-bond acceptors (Lipinski definition) is 5. The van der Waals surface area contributed by atoms with Gasteiger partial charge in [0, 0.05) is 17.6 Å². The fraction of sp³-hybridized carbons (Fsp3) is 0.211. The van der Waals surface area contributed by atoms with Gasteiger partial charge in [-0.3, -0.25) is 4.79 Å². The first-order chi connectivity index (χ1) is 14.8. The number of nitrogens with one attached hydrogen (secondary N) is 1. The zero-order chi connectivity index (χ0) is 22.5. The molecule has 0 saturated carbocycles. The second-order valence-electron chi connectivity index (χ2n) is 6.09. The Bertz CT molecular complexity index is 1110. The van der Waals surface area contributed by atoms with E-state index in [2.05, 4.69) is 15.5 Å². The molecule has 0 spiro atoms. The average Bonchev–Trinajstić information content (AvgIpc) is 3.13. The van der Waals surface area contributed by atoms with Crippen molar-refractivity contribution in [2.45, 2.75) is 25.2 Å². The average molecular weight is 541 g/mol. The lowest BCUT2D eigenvalue weighted by molar-refractivity contribution is -0.113. The molecule has 0 unspecified atom stereocenters. The van der Waals surface area contributed by atoms with Crippen LogP contribution in [-0.4, -0.2) is 26.4 Å². The van der Waals surface area contributed by atoms with E-state index in [1.807, 2.05) is 11.5 Å². The van der Waals surface area contributed by atoms with Crippen LogP contribution in [0.15, 0.2) is 35.5 Å². The SMILES string of the molecule is CCn1c(COc2cc(Cl)ccc2Cl)nnc1SCC(=O)Nc1cc(Cl)c(Cl)cc1Cl. The summed E-state index contributed by atoms with van der Waals surface area (Å²) in [4.78, 5) is 12.3. The van der Waals surface area contributed by atoms with Crippen LogP contribution in [0.25, 0.3) is 0 Å². The van der Waals surface area contributed by atoms with Gasteiger partial charge in [0.1, 0.15) is 12.4 Å². The van der Waals surface area contributed by atoms with Gasteiger partial charge in [-0.05, 0) is 31.2 Å². The Morgan fingerprint density at radius 3 is 2.52 bits per heavy atom. The number of thioether (sulfide) groups is 1. The summed E-state index contributed by atoms with van der Waals surface area (Å²) < 4.78 is 7.58. The number of aromatic nitrogens is 3. The molecule has 1 N–H and O–H groups in total. The quantitative estimate of drug-likeness (QED) is 0.249. The van der Waals surface area contributed by atoms with Crippen LogP contribution in [-0.2, 0) is 17.9 Å². The Kier molecular flexibility index (Phi) is 8.61. The van der Waals surface area contributed by atoms with Crippen LogP contribution >= 0.6 is 69.8 Å². The van der Waals surface area contributed by atoms with Crippen molar-refractivity contribution in [2.75, 3.05) is 11.1 Å². The third-order valence-corrected chi connectivity index (χ3v) is 6.53. The number of carbonyl (C=O) groups excluding carboxylic acids is 1. The minimum absolute atomic E-state index is 0.0929. The number of nitrogens with zero attached hydrogens (tertiary/aromatic N) is 3. The van der Waals surface area contributed by atoms with Gasteiger partial charge in [-0.1, -0.05) is 69.8 Å². The molecular weight excluding hydrogens is 526 g/mol. The predicted molar refractivity (Wildman–Crippen MR) is 127 cm³/mol. The van der Waals surface area contributed by atoms with Gasteiger partial charge in [-0.2, -0.15) is 0 Å². The molecule has 31 heavy (non-hydrogen) atoms. The molecule has 6 nitrogen and oxygen atoms in total. The molecule has 12 heteroatoms. The van der Waals surface area contributed by atoms with Crippen molar-refractivity contribution < 1.29 is 9.53 Å². The fourth-order valence-electron chi connectivity index (χ4n) is 2.52. The van der Waals surface area contributed by atoms with Crippen molar-refractivity contribution in [1.82, 2.24) is 14.8 Å². The zero-order valence-electron chi connectivity index (χ0n) is 16.0. The van der Waals surface area contributed by atoms with E-state index in [9.17, 15) is 4.79 Å². The minimum atomic E-state index is -0.278. The molecule has 164 valence electrons. The molecule has 0 aliphatic heterocycles. The number of ether oxygens (including phenoxy) is 1. The van der Waals surface area contributed by atoms with E-state index in [1.54, 1.807) is 18.2 Å². The highest BCUT2D eigenvalue weighted by molar-refractivity contribution is 7.99. The summed E-state index contributed by atoms with van der Waals surface area (Å²) in [6, 6.07) is 7.94. The van der Waals surface area contributed by atoms with Gasteiger partial charge in [0.05, 0.1) is 31.5 Å². The molecule has 0 atom stereocenters. The number of hydrogen-bond donors (Lipinski definition) is 1. The summed E-state index contributed by atoms with van der Waals surface area (Å²) in [5.41, 5.74) is 0.381. The van der Waals surface area contributed by atoms with E-state index in [0.29, 0.717) is 54.1 Å². The molecule has 3 rings (SSSR count). The predicted octanol–water partition coefficient (Wildman–Crippen LogP) is 6.87. The van der Waals surface area contributed by atoms with Crippen LogP contribution < -0.4 is 10.1 Å². The monoisotopic (exact) mass is 538 g/mol. The molecule has 0 saturated heterocycles. The van der Waals surface area contributed by atoms with Gasteiger partial charge in [-0.15, -0.1) is 10.2 Å². The molecule has 0 aliphatic rings. The number of rotatable bonds is 8. The van der Waals surface area contributed by atoms with Crippen molar-refractivity contribution >= 4 is 81.4 Å². The zero-order valence-corrected chi connectivity index (χ0v) is 20.6. The third-order valence-electron chi connectivity index (χ3n) is 3.98. The second kappa shape index (κ2) is 11.0. The van der Waals surface area contributed by atoms with Crippen LogP contribution in [0, 0.1) is 0 Å². The maximum absolute atomic E-state index is 12.3. The first-order valence-corrected chi connectivity index (χ1v) is 11.7. The van der Waals surface area contributed by atoms with Crippen molar-refractivity contribution in [1.29, 1.82) is 0 Å². The van der Waals surface area contributed by atoms with Gasteiger partial charge < -0.3 is 14.6 Å². The molecule has 0 fully saturated rings. The Balaban J connectivity index is 1.62. The van der Waals surface area contributed by atoms with Crippen molar-refractivity contribution in [3.63, 3.8) is 0 Å². The summed E-state index contributed by atoms with van der Waals surface area (Å²) in [6.07, 6.45) is 0. The van der Waals surface area contributed by atoms with E-state index < -0.39 is 0 Å². The maximum atomic E-state index is 12.3. The molecule has 3 aromatic rings. The third kappa shape index (κ3) is 6.34. The van der Waals surface area contributed by atoms with Crippen LogP contribution in [0.1, 0.15) is 12.7 Å². The molecule has 1 heterocycles. The molecular formula is C19H15Cl5N4O2S. The first kappa shape index (κ1) is 24.3. The van der Waals surface area contributed by atoms with Crippen molar-refractivity contribution in [3.05, 3.63) is 61.3 Å². The fourth-order valence-corrected chi connectivity index (χ4v) is 4.26. The van der Waals surface area contributed by atoms with Gasteiger partial charge in [0.25, 0.3) is 0 Å². The number of anilines is 1. The Morgan fingerprint density at radius 1 is 1.03 bits per heavy atom. The highest BCUT2D eigenvalue weighted by atomic mass is 35.5. The number of halogens is 5.